The summed E-state index contributed by atoms with van der Waals surface area (Å²) in [4.78, 5) is 29.6. The Morgan fingerprint density at radius 2 is 2.00 bits per heavy atom. The molecule has 1 aromatic carbocycles. The molecule has 2 aromatic heterocycles. The first-order valence-electron chi connectivity index (χ1n) is 8.62. The lowest BCUT2D eigenvalue weighted by atomic mass is 9.84. The number of hydrogen-bond donors (Lipinski definition) is 1. The predicted octanol–water partition coefficient (Wildman–Crippen LogP) is 4.65. The lowest BCUT2D eigenvalue weighted by Crippen LogP contribution is -2.17. The number of thiophene rings is 1. The molecular formula is C21H19NO3S. The van der Waals surface area contributed by atoms with E-state index in [1.165, 1.54) is 4.88 Å². The topological polar surface area (TPSA) is 59.2 Å². The summed E-state index contributed by atoms with van der Waals surface area (Å²) >= 11 is 1.67. The van der Waals surface area contributed by atoms with Gasteiger partial charge in [0.25, 0.3) is 0 Å². The molecule has 1 aliphatic carbocycles. The number of ether oxygens (including phenoxy) is 1. The van der Waals surface area contributed by atoms with E-state index in [2.05, 4.69) is 11.1 Å². The maximum atomic E-state index is 12.7. The number of rotatable bonds is 4. The number of H-pyrrole nitrogens is 1. The van der Waals surface area contributed by atoms with E-state index in [-0.39, 0.29) is 18.3 Å². The predicted molar refractivity (Wildman–Crippen MR) is 101 cm³/mol. The van der Waals surface area contributed by atoms with Crippen LogP contribution in [0.4, 0.5) is 0 Å². The van der Waals surface area contributed by atoms with Gasteiger partial charge in [-0.3, -0.25) is 4.79 Å². The molecule has 1 aliphatic rings. The molecule has 26 heavy (non-hydrogen) atoms. The summed E-state index contributed by atoms with van der Waals surface area (Å²) in [5.74, 6) is -0.136. The maximum Gasteiger partial charge on any atom is 0.355 e. The molecule has 0 saturated heterocycles. The van der Waals surface area contributed by atoms with Crippen LogP contribution in [-0.4, -0.2) is 16.7 Å². The molecule has 3 aromatic rings. The Labute approximate surface area is 155 Å². The number of aromatic amines is 1. The van der Waals surface area contributed by atoms with Gasteiger partial charge in [0.15, 0.2) is 5.78 Å². The summed E-state index contributed by atoms with van der Waals surface area (Å²) in [7, 11) is 0. The van der Waals surface area contributed by atoms with E-state index in [1.807, 2.05) is 48.7 Å². The first-order chi connectivity index (χ1) is 12.6. The largest absolute Gasteiger partial charge is 0.456 e. The van der Waals surface area contributed by atoms with Crippen LogP contribution in [0.1, 0.15) is 54.9 Å². The number of nitrogens with one attached hydrogen (secondary N) is 1. The van der Waals surface area contributed by atoms with Crippen LogP contribution >= 0.6 is 11.3 Å². The second-order valence-corrected chi connectivity index (χ2v) is 7.56. The van der Waals surface area contributed by atoms with Gasteiger partial charge < -0.3 is 9.72 Å². The number of aromatic nitrogens is 1. The van der Waals surface area contributed by atoms with Crippen LogP contribution in [0.3, 0.4) is 0 Å². The van der Waals surface area contributed by atoms with Gasteiger partial charge in [0.1, 0.15) is 12.3 Å². The lowest BCUT2D eigenvalue weighted by molar-refractivity contribution is 0.0465. The standard InChI is InChI=1S/C21H19NO3S/c1-13-19-16(10-15(11-17(19)23)18-8-5-9-26-18)22-20(13)21(24)25-12-14-6-3-2-4-7-14/h2-9,15,22H,10-12H2,1H3/t15-/m1/s1. The molecule has 0 amide bonds. The molecule has 4 nitrogen and oxygen atoms in total. The van der Waals surface area contributed by atoms with Crippen LogP contribution in [0.15, 0.2) is 47.8 Å². The van der Waals surface area contributed by atoms with E-state index in [4.69, 9.17) is 4.74 Å². The Kier molecular flexibility index (Phi) is 4.47. The average molecular weight is 365 g/mol. The van der Waals surface area contributed by atoms with Crippen molar-refractivity contribution in [3.63, 3.8) is 0 Å². The Balaban J connectivity index is 1.55. The zero-order valence-corrected chi connectivity index (χ0v) is 15.3. The van der Waals surface area contributed by atoms with Crippen LogP contribution in [0.2, 0.25) is 0 Å². The van der Waals surface area contributed by atoms with Crippen LogP contribution in [0.25, 0.3) is 0 Å². The Morgan fingerprint density at radius 3 is 2.73 bits per heavy atom. The molecule has 2 heterocycles. The van der Waals surface area contributed by atoms with E-state index in [0.717, 1.165) is 17.7 Å². The summed E-state index contributed by atoms with van der Waals surface area (Å²) in [5, 5.41) is 2.03. The van der Waals surface area contributed by atoms with Crippen molar-refractivity contribution in [2.45, 2.75) is 32.3 Å². The van der Waals surface area contributed by atoms with Crippen LogP contribution in [0, 0.1) is 6.92 Å². The summed E-state index contributed by atoms with van der Waals surface area (Å²) in [5.41, 5.74) is 3.55. The SMILES string of the molecule is Cc1c(C(=O)OCc2ccccc2)[nH]c2c1C(=O)C[C@H](c1cccs1)C2. The number of hydrogen-bond acceptors (Lipinski definition) is 4. The molecule has 0 unspecified atom stereocenters. The van der Waals surface area contributed by atoms with Gasteiger partial charge in [0, 0.05) is 28.5 Å². The number of carbonyl (C=O) groups excluding carboxylic acids is 2. The second kappa shape index (κ2) is 6.92. The lowest BCUT2D eigenvalue weighted by Gasteiger charge is -2.20. The third-order valence-corrected chi connectivity index (χ3v) is 5.89. The number of Topliss-reactive ketones (excluding diaryl/α,β-unsaturated/α-hetero) is 1. The Morgan fingerprint density at radius 1 is 1.19 bits per heavy atom. The second-order valence-electron chi connectivity index (χ2n) is 6.58. The molecule has 0 fully saturated rings. The van der Waals surface area contributed by atoms with Crippen molar-refractivity contribution in [3.8, 4) is 0 Å². The van der Waals surface area contributed by atoms with Gasteiger partial charge in [-0.25, -0.2) is 4.79 Å². The highest BCUT2D eigenvalue weighted by Gasteiger charge is 2.32. The highest BCUT2D eigenvalue weighted by molar-refractivity contribution is 7.10. The molecule has 0 bridgehead atoms. The first-order valence-corrected chi connectivity index (χ1v) is 9.50. The third kappa shape index (κ3) is 3.10. The molecule has 1 atom stereocenters. The van der Waals surface area contributed by atoms with Crippen molar-refractivity contribution in [1.82, 2.24) is 4.98 Å². The molecular weight excluding hydrogens is 346 g/mol. The molecule has 4 rings (SSSR count). The van der Waals surface area contributed by atoms with Crippen molar-refractivity contribution in [1.29, 1.82) is 0 Å². The van der Waals surface area contributed by atoms with Crippen LogP contribution in [0.5, 0.6) is 0 Å². The van der Waals surface area contributed by atoms with Crippen LogP contribution in [-0.2, 0) is 17.8 Å². The summed E-state index contributed by atoms with van der Waals surface area (Å²) < 4.78 is 5.43. The molecule has 132 valence electrons. The molecule has 0 saturated carbocycles. The average Bonchev–Trinajstić information content (AvgIpc) is 3.29. The van der Waals surface area contributed by atoms with Crippen molar-refractivity contribution in [2.75, 3.05) is 0 Å². The van der Waals surface area contributed by atoms with Gasteiger partial charge in [0.2, 0.25) is 0 Å². The van der Waals surface area contributed by atoms with Gasteiger partial charge in [-0.05, 0) is 35.9 Å². The minimum atomic E-state index is -0.416. The number of benzene rings is 1. The summed E-state index contributed by atoms with van der Waals surface area (Å²) in [6, 6.07) is 13.6. The van der Waals surface area contributed by atoms with Crippen molar-refractivity contribution < 1.29 is 14.3 Å². The number of ketones is 1. The van der Waals surface area contributed by atoms with Crippen molar-refractivity contribution in [3.05, 3.63) is 80.8 Å². The first kappa shape index (κ1) is 16.8. The van der Waals surface area contributed by atoms with E-state index in [1.54, 1.807) is 11.3 Å². The monoisotopic (exact) mass is 365 g/mol. The highest BCUT2D eigenvalue weighted by atomic mass is 32.1. The smallest absolute Gasteiger partial charge is 0.355 e. The normalized spacial score (nSPS) is 16.3. The summed E-state index contributed by atoms with van der Waals surface area (Å²) in [6.45, 7) is 2.03. The Bertz CT molecular complexity index is 941. The number of fused-ring (bicyclic) bond motifs is 1. The zero-order chi connectivity index (χ0) is 18.1. The Hall–Kier alpha value is -2.66. The fourth-order valence-electron chi connectivity index (χ4n) is 3.56. The van der Waals surface area contributed by atoms with E-state index in [0.29, 0.717) is 23.2 Å². The molecule has 1 N–H and O–H groups in total. The third-order valence-electron chi connectivity index (χ3n) is 4.85. The number of carbonyl (C=O) groups is 2. The van der Waals surface area contributed by atoms with E-state index >= 15 is 0 Å². The zero-order valence-electron chi connectivity index (χ0n) is 14.5. The van der Waals surface area contributed by atoms with Gasteiger partial charge >= 0.3 is 5.97 Å². The van der Waals surface area contributed by atoms with Crippen molar-refractivity contribution >= 4 is 23.1 Å². The molecule has 0 spiro atoms. The van der Waals surface area contributed by atoms with E-state index in [9.17, 15) is 9.59 Å². The fourth-order valence-corrected chi connectivity index (χ4v) is 4.39. The highest BCUT2D eigenvalue weighted by Crippen LogP contribution is 2.36. The molecule has 0 aliphatic heterocycles. The number of esters is 1. The van der Waals surface area contributed by atoms with Gasteiger partial charge in [-0.1, -0.05) is 36.4 Å². The van der Waals surface area contributed by atoms with Gasteiger partial charge in [-0.2, -0.15) is 0 Å². The quantitative estimate of drug-likeness (QED) is 0.685. The van der Waals surface area contributed by atoms with Crippen molar-refractivity contribution in [2.24, 2.45) is 0 Å². The molecule has 5 heteroatoms. The van der Waals surface area contributed by atoms with Crippen LogP contribution < -0.4 is 0 Å². The van der Waals surface area contributed by atoms with Gasteiger partial charge in [-0.15, -0.1) is 11.3 Å². The maximum absolute atomic E-state index is 12.7. The summed E-state index contributed by atoms with van der Waals surface area (Å²) in [6.07, 6.45) is 1.24. The molecule has 0 radical (unpaired) electrons. The van der Waals surface area contributed by atoms with Gasteiger partial charge in [0.05, 0.1) is 0 Å². The minimum absolute atomic E-state index is 0.0977. The fraction of sp³-hybridized carbons (Fsp3) is 0.238. The minimum Gasteiger partial charge on any atom is -0.456 e. The van der Waals surface area contributed by atoms with E-state index < -0.39 is 5.97 Å².